The lowest BCUT2D eigenvalue weighted by atomic mass is 10.1. The Kier molecular flexibility index (Phi) is 3.70. The number of nitrogens with zero attached hydrogens (tertiary/aromatic N) is 3. The first-order valence-electron chi connectivity index (χ1n) is 7.33. The third-order valence-corrected chi connectivity index (χ3v) is 4.49. The van der Waals surface area contributed by atoms with Gasteiger partial charge in [-0.1, -0.05) is 0 Å². The number of piperidine rings is 1. The van der Waals surface area contributed by atoms with E-state index < -0.39 is 0 Å². The van der Waals surface area contributed by atoms with Crippen LogP contribution in [0, 0.1) is 0 Å². The van der Waals surface area contributed by atoms with Crippen LogP contribution in [-0.2, 0) is 0 Å². The van der Waals surface area contributed by atoms with Crippen LogP contribution in [0.15, 0.2) is 0 Å². The summed E-state index contributed by atoms with van der Waals surface area (Å²) < 4.78 is 0. The van der Waals surface area contributed by atoms with E-state index in [4.69, 9.17) is 0 Å². The van der Waals surface area contributed by atoms with Crippen molar-refractivity contribution >= 4 is 6.03 Å². The number of rotatable bonds is 1. The van der Waals surface area contributed by atoms with Crippen LogP contribution in [0.25, 0.3) is 0 Å². The number of nitrogens with one attached hydrogen (secondary N) is 1. The molecule has 0 atom stereocenters. The molecule has 18 heavy (non-hydrogen) atoms. The molecule has 0 unspecified atom stereocenters. The number of urea groups is 1. The SMILES string of the molecule is O=C(N1CCCCC1)N1CCN(C2CNC2)CC1. The molecule has 0 spiro atoms. The molecule has 0 bridgehead atoms. The van der Waals surface area contributed by atoms with E-state index in [-0.39, 0.29) is 6.03 Å². The van der Waals surface area contributed by atoms with Crippen LogP contribution in [0.1, 0.15) is 19.3 Å². The standard InChI is InChI=1S/C13H24N4O/c18-13(16-4-2-1-3-5-16)17-8-6-15(7-9-17)12-10-14-11-12/h12,14H,1-11H2. The minimum atomic E-state index is 0.279. The molecule has 0 radical (unpaired) electrons. The van der Waals surface area contributed by atoms with Crippen LogP contribution in [0.2, 0.25) is 0 Å². The average molecular weight is 252 g/mol. The summed E-state index contributed by atoms with van der Waals surface area (Å²) >= 11 is 0. The van der Waals surface area contributed by atoms with Crippen molar-refractivity contribution in [2.24, 2.45) is 0 Å². The van der Waals surface area contributed by atoms with Crippen molar-refractivity contribution in [1.29, 1.82) is 0 Å². The summed E-state index contributed by atoms with van der Waals surface area (Å²) in [5.41, 5.74) is 0. The van der Waals surface area contributed by atoms with Gasteiger partial charge < -0.3 is 15.1 Å². The molecule has 0 aromatic heterocycles. The highest BCUT2D eigenvalue weighted by Crippen LogP contribution is 2.14. The van der Waals surface area contributed by atoms with Crippen molar-refractivity contribution in [1.82, 2.24) is 20.0 Å². The number of hydrogen-bond donors (Lipinski definition) is 1. The van der Waals surface area contributed by atoms with Gasteiger partial charge in [0.25, 0.3) is 0 Å². The van der Waals surface area contributed by atoms with E-state index in [1.807, 2.05) is 9.80 Å². The van der Waals surface area contributed by atoms with E-state index >= 15 is 0 Å². The number of amides is 2. The van der Waals surface area contributed by atoms with Gasteiger partial charge in [-0.3, -0.25) is 4.90 Å². The molecule has 2 amide bonds. The Morgan fingerprint density at radius 2 is 1.44 bits per heavy atom. The third-order valence-electron chi connectivity index (χ3n) is 4.49. The van der Waals surface area contributed by atoms with E-state index in [1.54, 1.807) is 0 Å². The largest absolute Gasteiger partial charge is 0.325 e. The zero-order chi connectivity index (χ0) is 12.4. The molecule has 3 fully saturated rings. The summed E-state index contributed by atoms with van der Waals surface area (Å²) in [4.78, 5) is 19.0. The molecule has 3 aliphatic rings. The summed E-state index contributed by atoms with van der Waals surface area (Å²) in [6.07, 6.45) is 3.64. The second kappa shape index (κ2) is 5.45. The number of piperazine rings is 1. The molecular weight excluding hydrogens is 228 g/mol. The highest BCUT2D eigenvalue weighted by atomic mass is 16.2. The van der Waals surface area contributed by atoms with Crippen LogP contribution >= 0.6 is 0 Å². The first-order chi connectivity index (χ1) is 8.84. The van der Waals surface area contributed by atoms with Crippen molar-refractivity contribution in [3.63, 3.8) is 0 Å². The molecule has 3 saturated heterocycles. The molecule has 3 heterocycles. The van der Waals surface area contributed by atoms with Gasteiger partial charge in [-0.25, -0.2) is 4.79 Å². The second-order valence-corrected chi connectivity index (χ2v) is 5.67. The predicted octanol–water partition coefficient (Wildman–Crippen LogP) is 0.182. The van der Waals surface area contributed by atoms with E-state index in [2.05, 4.69) is 10.2 Å². The van der Waals surface area contributed by atoms with Gasteiger partial charge in [-0.2, -0.15) is 0 Å². The minimum Gasteiger partial charge on any atom is -0.325 e. The van der Waals surface area contributed by atoms with Gasteiger partial charge >= 0.3 is 6.03 Å². The summed E-state index contributed by atoms with van der Waals surface area (Å²) in [7, 11) is 0. The van der Waals surface area contributed by atoms with Crippen molar-refractivity contribution in [3.05, 3.63) is 0 Å². The van der Waals surface area contributed by atoms with E-state index in [9.17, 15) is 4.79 Å². The topological polar surface area (TPSA) is 38.8 Å². The molecule has 0 aliphatic carbocycles. The van der Waals surface area contributed by atoms with Crippen LogP contribution in [-0.4, -0.2) is 79.1 Å². The lowest BCUT2D eigenvalue weighted by Gasteiger charge is -2.44. The molecule has 3 rings (SSSR count). The summed E-state index contributed by atoms with van der Waals surface area (Å²) in [6, 6.07) is 0.998. The first-order valence-corrected chi connectivity index (χ1v) is 7.33. The normalized spacial score (nSPS) is 27.1. The van der Waals surface area contributed by atoms with Gasteiger partial charge in [0.1, 0.15) is 0 Å². The first kappa shape index (κ1) is 12.2. The zero-order valence-electron chi connectivity index (χ0n) is 11.1. The van der Waals surface area contributed by atoms with Gasteiger partial charge in [0, 0.05) is 58.4 Å². The maximum absolute atomic E-state index is 12.3. The molecular formula is C13H24N4O. The highest BCUT2D eigenvalue weighted by Gasteiger charge is 2.30. The second-order valence-electron chi connectivity index (χ2n) is 5.67. The van der Waals surface area contributed by atoms with E-state index in [1.165, 1.54) is 19.3 Å². The summed E-state index contributed by atoms with van der Waals surface area (Å²) in [5.74, 6) is 0. The molecule has 0 aromatic carbocycles. The Bertz CT molecular complexity index is 291. The average Bonchev–Trinajstić information content (AvgIpc) is 2.38. The Hall–Kier alpha value is -0.810. The van der Waals surface area contributed by atoms with Gasteiger partial charge in [-0.05, 0) is 19.3 Å². The Labute approximate surface area is 109 Å². The van der Waals surface area contributed by atoms with Crippen molar-refractivity contribution in [2.75, 3.05) is 52.4 Å². The predicted molar refractivity (Wildman–Crippen MR) is 70.6 cm³/mol. The van der Waals surface area contributed by atoms with Gasteiger partial charge in [0.05, 0.1) is 0 Å². The van der Waals surface area contributed by atoms with Crippen LogP contribution in [0.4, 0.5) is 4.79 Å². The molecule has 3 aliphatic heterocycles. The quantitative estimate of drug-likeness (QED) is 0.724. The Morgan fingerprint density at radius 1 is 0.833 bits per heavy atom. The number of hydrogen-bond acceptors (Lipinski definition) is 3. The monoisotopic (exact) mass is 252 g/mol. The molecule has 5 heteroatoms. The maximum Gasteiger partial charge on any atom is 0.320 e. The highest BCUT2D eigenvalue weighted by molar-refractivity contribution is 5.74. The Morgan fingerprint density at radius 3 is 2.00 bits per heavy atom. The van der Waals surface area contributed by atoms with Crippen LogP contribution < -0.4 is 5.32 Å². The lowest BCUT2D eigenvalue weighted by Crippen LogP contribution is -2.62. The molecule has 1 N–H and O–H groups in total. The van der Waals surface area contributed by atoms with Crippen molar-refractivity contribution in [2.45, 2.75) is 25.3 Å². The van der Waals surface area contributed by atoms with Gasteiger partial charge in [-0.15, -0.1) is 0 Å². The number of carbonyl (C=O) groups is 1. The summed E-state index contributed by atoms with van der Waals surface area (Å²) in [5, 5.41) is 3.31. The number of likely N-dealkylation sites (tertiary alicyclic amines) is 1. The van der Waals surface area contributed by atoms with Crippen LogP contribution in [0.3, 0.4) is 0 Å². The van der Waals surface area contributed by atoms with Gasteiger partial charge in [0.2, 0.25) is 0 Å². The lowest BCUT2D eigenvalue weighted by molar-refractivity contribution is 0.0708. The molecule has 0 saturated carbocycles. The third kappa shape index (κ3) is 2.47. The van der Waals surface area contributed by atoms with Crippen molar-refractivity contribution in [3.8, 4) is 0 Å². The van der Waals surface area contributed by atoms with Gasteiger partial charge in [0.15, 0.2) is 0 Å². The fourth-order valence-corrected chi connectivity index (χ4v) is 3.10. The maximum atomic E-state index is 12.3. The fourth-order valence-electron chi connectivity index (χ4n) is 3.10. The Balaban J connectivity index is 1.47. The zero-order valence-corrected chi connectivity index (χ0v) is 11.1. The minimum absolute atomic E-state index is 0.279. The van der Waals surface area contributed by atoms with Crippen LogP contribution in [0.5, 0.6) is 0 Å². The molecule has 5 nitrogen and oxygen atoms in total. The fraction of sp³-hybridized carbons (Fsp3) is 0.923. The molecule has 0 aromatic rings. The number of carbonyl (C=O) groups excluding carboxylic acids is 1. The van der Waals surface area contributed by atoms with Crippen molar-refractivity contribution < 1.29 is 4.79 Å². The smallest absolute Gasteiger partial charge is 0.320 e. The summed E-state index contributed by atoms with van der Waals surface area (Å²) in [6.45, 7) is 8.09. The molecule has 102 valence electrons. The van der Waals surface area contributed by atoms with E-state index in [0.29, 0.717) is 0 Å². The van der Waals surface area contributed by atoms with E-state index in [0.717, 1.165) is 58.4 Å².